The zero-order valence-corrected chi connectivity index (χ0v) is 13.0. The van der Waals surface area contributed by atoms with E-state index in [9.17, 15) is 4.79 Å². The molecule has 0 saturated carbocycles. The molecule has 0 bridgehead atoms. The summed E-state index contributed by atoms with van der Waals surface area (Å²) in [5.74, 6) is -0.874. The first kappa shape index (κ1) is 17.2. The second-order valence-electron chi connectivity index (χ2n) is 5.10. The summed E-state index contributed by atoms with van der Waals surface area (Å²) in [6, 6.07) is 17.0. The van der Waals surface area contributed by atoms with Gasteiger partial charge in [-0.2, -0.15) is 0 Å². The van der Waals surface area contributed by atoms with Crippen molar-refractivity contribution >= 4 is 17.6 Å². The molecule has 2 aromatic rings. The van der Waals surface area contributed by atoms with E-state index in [0.717, 1.165) is 0 Å². The summed E-state index contributed by atoms with van der Waals surface area (Å²) in [6.45, 7) is 3.91. The molecule has 2 rings (SSSR count). The summed E-state index contributed by atoms with van der Waals surface area (Å²) in [6.07, 6.45) is 0. The zero-order chi connectivity index (χ0) is 15.9. The number of nitrogens with two attached hydrogens (primary N) is 1. The topological polar surface area (TPSA) is 63.3 Å². The maximum atomic E-state index is 10.9. The molecule has 3 nitrogen and oxygen atoms in total. The molecule has 2 aromatic carbocycles. The van der Waals surface area contributed by atoms with Crippen LogP contribution in [0, 0.1) is 0 Å². The van der Waals surface area contributed by atoms with Crippen molar-refractivity contribution in [1.29, 1.82) is 0 Å². The average molecular weight is 307 g/mol. The Bertz CT molecular complexity index is 582. The van der Waals surface area contributed by atoms with Crippen molar-refractivity contribution < 1.29 is 9.90 Å². The van der Waals surface area contributed by atoms with Crippen molar-refractivity contribution in [1.82, 2.24) is 0 Å². The summed E-state index contributed by atoms with van der Waals surface area (Å²) in [5, 5.41) is 9.46. The highest BCUT2D eigenvalue weighted by atomic mass is 35.5. The minimum absolute atomic E-state index is 0.495. The lowest BCUT2D eigenvalue weighted by Crippen LogP contribution is -2.28. The highest BCUT2D eigenvalue weighted by Gasteiger charge is 2.30. The van der Waals surface area contributed by atoms with E-state index in [0.29, 0.717) is 17.1 Å². The molecule has 0 aromatic heterocycles. The lowest BCUT2D eigenvalue weighted by Gasteiger charge is -2.20. The molecule has 0 aliphatic rings. The standard InChI is InChI=1S/C10H11ClO2.C7H9N/c1-10(2,9(12)13)7-5-3-4-6-8(7)11;8-6-7-4-2-1-3-5-7/h3-6H,1-2H3,(H,12,13);1-5H,6,8H2/i12+1;. The molecule has 3 N–H and O–H groups in total. The molecular formula is C17H20ClNO2. The molecule has 0 heterocycles. The Hall–Kier alpha value is -1.84. The number of hydrogen-bond donors (Lipinski definition) is 2. The molecule has 112 valence electrons. The highest BCUT2D eigenvalue weighted by molar-refractivity contribution is 6.31. The monoisotopic (exact) mass is 306 g/mol. The van der Waals surface area contributed by atoms with E-state index in [2.05, 4.69) is 0 Å². The van der Waals surface area contributed by atoms with E-state index in [4.69, 9.17) is 22.4 Å². The number of carboxylic acids is 1. The third-order valence-corrected chi connectivity index (χ3v) is 3.49. The Kier molecular flexibility index (Phi) is 6.40. The van der Waals surface area contributed by atoms with Gasteiger partial charge in [0.1, 0.15) is 0 Å². The minimum atomic E-state index is -0.932. The molecule has 0 atom stereocenters. The van der Waals surface area contributed by atoms with Gasteiger partial charge in [0.15, 0.2) is 0 Å². The normalized spacial score (nSPS) is 10.5. The van der Waals surface area contributed by atoms with E-state index in [-0.39, 0.29) is 0 Å². The molecule has 0 aliphatic carbocycles. The fraction of sp³-hybridized carbons (Fsp3) is 0.235. The Balaban J connectivity index is 0.000000235. The zero-order valence-electron chi connectivity index (χ0n) is 12.2. The van der Waals surface area contributed by atoms with Gasteiger partial charge in [-0.1, -0.05) is 60.1 Å². The van der Waals surface area contributed by atoms with Crippen LogP contribution in [-0.4, -0.2) is 11.1 Å². The molecule has 0 fully saturated rings. The predicted molar refractivity (Wildman–Crippen MR) is 86.4 cm³/mol. The van der Waals surface area contributed by atoms with Gasteiger partial charge >= 0.3 is 5.97 Å². The average Bonchev–Trinajstić information content (AvgIpc) is 2.49. The summed E-state index contributed by atoms with van der Waals surface area (Å²) in [7, 11) is 0. The number of rotatable bonds is 3. The Morgan fingerprint density at radius 1 is 1.10 bits per heavy atom. The van der Waals surface area contributed by atoms with Gasteiger partial charge in [0.25, 0.3) is 0 Å². The maximum absolute atomic E-state index is 10.9. The first-order chi connectivity index (χ1) is 9.89. The van der Waals surface area contributed by atoms with Crippen LogP contribution in [0.3, 0.4) is 0 Å². The quantitative estimate of drug-likeness (QED) is 0.905. The van der Waals surface area contributed by atoms with Crippen LogP contribution in [0.2, 0.25) is 5.02 Å². The Labute approximate surface area is 130 Å². The van der Waals surface area contributed by atoms with E-state index in [1.54, 1.807) is 38.1 Å². The van der Waals surface area contributed by atoms with Gasteiger partial charge in [-0.3, -0.25) is 4.79 Å². The molecule has 4 heteroatoms. The number of aliphatic carboxylic acids is 1. The molecule has 21 heavy (non-hydrogen) atoms. The van der Waals surface area contributed by atoms with E-state index >= 15 is 0 Å². The first-order valence-electron chi connectivity index (χ1n) is 6.62. The van der Waals surface area contributed by atoms with Crippen molar-refractivity contribution in [3.63, 3.8) is 0 Å². The van der Waals surface area contributed by atoms with Crippen LogP contribution < -0.4 is 5.73 Å². The fourth-order valence-electron chi connectivity index (χ4n) is 1.70. The predicted octanol–water partition coefficient (Wildman–Crippen LogP) is 3.85. The Morgan fingerprint density at radius 3 is 2.05 bits per heavy atom. The van der Waals surface area contributed by atoms with Crippen LogP contribution in [0.25, 0.3) is 0 Å². The second-order valence-corrected chi connectivity index (χ2v) is 5.51. The molecule has 0 radical (unpaired) electrons. The summed E-state index contributed by atoms with van der Waals surface area (Å²) < 4.78 is 0. The number of halogens is 1. The molecule has 0 aliphatic heterocycles. The van der Waals surface area contributed by atoms with E-state index < -0.39 is 11.4 Å². The third-order valence-electron chi connectivity index (χ3n) is 3.16. The van der Waals surface area contributed by atoms with Gasteiger partial charge in [-0.15, -0.1) is 0 Å². The van der Waals surface area contributed by atoms with Crippen LogP contribution in [0.15, 0.2) is 54.6 Å². The molecule has 0 spiro atoms. The lowest BCUT2D eigenvalue weighted by molar-refractivity contribution is -0.142. The number of carboxylic acid groups (broad SMARTS) is 1. The van der Waals surface area contributed by atoms with Gasteiger partial charge in [0, 0.05) is 11.6 Å². The highest BCUT2D eigenvalue weighted by Crippen LogP contribution is 2.29. The van der Waals surface area contributed by atoms with Crippen LogP contribution >= 0.6 is 11.6 Å². The lowest BCUT2D eigenvalue weighted by atomic mass is 9.85. The van der Waals surface area contributed by atoms with Gasteiger partial charge < -0.3 is 10.8 Å². The van der Waals surface area contributed by atoms with Crippen molar-refractivity contribution in [3.8, 4) is 0 Å². The summed E-state index contributed by atoms with van der Waals surface area (Å²) >= 11 is 5.89. The van der Waals surface area contributed by atoms with Gasteiger partial charge in [-0.05, 0) is 31.0 Å². The fourth-order valence-corrected chi connectivity index (χ4v) is 2.07. The SMILES string of the molecule is CC(C)(C(O)=[17O])c1ccccc1Cl.NCc1ccccc1. The van der Waals surface area contributed by atoms with Gasteiger partial charge in [0.05, 0.1) is 5.41 Å². The molecule has 0 amide bonds. The van der Waals surface area contributed by atoms with Crippen LogP contribution in [0.5, 0.6) is 0 Å². The second kappa shape index (κ2) is 7.81. The van der Waals surface area contributed by atoms with Crippen LogP contribution in [-0.2, 0) is 16.8 Å². The summed E-state index contributed by atoms with van der Waals surface area (Å²) in [5.41, 5.74) is 6.25. The van der Waals surface area contributed by atoms with Gasteiger partial charge in [-0.25, -0.2) is 0 Å². The van der Waals surface area contributed by atoms with Crippen molar-refractivity contribution in [3.05, 3.63) is 70.7 Å². The third kappa shape index (κ3) is 4.88. The minimum Gasteiger partial charge on any atom is -0.481 e. The number of hydrogen-bond acceptors (Lipinski definition) is 2. The smallest absolute Gasteiger partial charge is 0.313 e. The van der Waals surface area contributed by atoms with Crippen molar-refractivity contribution in [2.75, 3.05) is 0 Å². The summed E-state index contributed by atoms with van der Waals surface area (Å²) in [4.78, 5) is 10.9. The van der Waals surface area contributed by atoms with Crippen LogP contribution in [0.4, 0.5) is 0 Å². The Morgan fingerprint density at radius 2 is 1.62 bits per heavy atom. The largest absolute Gasteiger partial charge is 0.481 e. The van der Waals surface area contributed by atoms with Gasteiger partial charge in [0.2, 0.25) is 0 Å². The molecular weight excluding hydrogens is 287 g/mol. The number of carbonyl (C=O) groups is 1. The maximum Gasteiger partial charge on any atom is 0.313 e. The molecule has 0 unspecified atom stereocenters. The van der Waals surface area contributed by atoms with E-state index in [1.165, 1.54) is 5.56 Å². The van der Waals surface area contributed by atoms with Crippen molar-refractivity contribution in [2.24, 2.45) is 5.73 Å². The van der Waals surface area contributed by atoms with Crippen LogP contribution in [0.1, 0.15) is 25.0 Å². The van der Waals surface area contributed by atoms with Crippen molar-refractivity contribution in [2.45, 2.75) is 25.8 Å². The van der Waals surface area contributed by atoms with E-state index in [1.807, 2.05) is 30.3 Å². The number of benzene rings is 2. The molecule has 0 saturated heterocycles. The first-order valence-corrected chi connectivity index (χ1v) is 6.99.